The van der Waals surface area contributed by atoms with Crippen molar-refractivity contribution in [3.05, 3.63) is 17.5 Å². The largest absolute Gasteiger partial charge is 0.480 e. The Balaban J connectivity index is 3.15. The van der Waals surface area contributed by atoms with Crippen LogP contribution < -0.4 is 0 Å². The maximum Gasteiger partial charge on any atom is 0.435 e. The smallest absolute Gasteiger partial charge is 0.435 e. The fourth-order valence-corrected chi connectivity index (χ4v) is 1.39. The number of hydrogen-bond acceptors (Lipinski definition) is 2. The molecule has 0 fully saturated rings. The number of carbonyl (C=O) groups is 1. The van der Waals surface area contributed by atoms with E-state index in [1.54, 1.807) is 6.92 Å². The molecule has 90 valence electrons. The molecule has 0 saturated heterocycles. The summed E-state index contributed by atoms with van der Waals surface area (Å²) in [7, 11) is 0. The second kappa shape index (κ2) is 4.15. The lowest BCUT2D eigenvalue weighted by Crippen LogP contribution is -2.21. The fourth-order valence-electron chi connectivity index (χ4n) is 1.39. The van der Waals surface area contributed by atoms with E-state index in [0.29, 0.717) is 0 Å². The Labute approximate surface area is 89.7 Å². The van der Waals surface area contributed by atoms with Crippen molar-refractivity contribution in [2.45, 2.75) is 32.5 Å². The minimum absolute atomic E-state index is 0.176. The maximum absolute atomic E-state index is 12.3. The Kier molecular flexibility index (Phi) is 3.25. The van der Waals surface area contributed by atoms with E-state index in [1.807, 2.05) is 0 Å². The van der Waals surface area contributed by atoms with Crippen molar-refractivity contribution in [1.29, 1.82) is 0 Å². The predicted octanol–water partition coefficient (Wildman–Crippen LogP) is 2.25. The van der Waals surface area contributed by atoms with Gasteiger partial charge in [-0.1, -0.05) is 6.92 Å². The SMILES string of the molecule is CCC(C(=O)O)n1nc(C(F)(F)F)cc1C. The standard InChI is InChI=1S/C9H11F3N2O2/c1-3-6(8(15)16)14-5(2)4-7(13-14)9(10,11)12/h4,6H,3H2,1-2H3,(H,15,16). The summed E-state index contributed by atoms with van der Waals surface area (Å²) < 4.78 is 37.9. The van der Waals surface area contributed by atoms with Crippen LogP contribution in [0.3, 0.4) is 0 Å². The number of alkyl halides is 3. The van der Waals surface area contributed by atoms with Gasteiger partial charge in [-0.3, -0.25) is 4.68 Å². The molecule has 0 aliphatic rings. The van der Waals surface area contributed by atoms with Gasteiger partial charge in [0.05, 0.1) is 0 Å². The zero-order chi connectivity index (χ0) is 12.5. The van der Waals surface area contributed by atoms with Crippen LogP contribution in [-0.4, -0.2) is 20.9 Å². The molecule has 0 aliphatic carbocycles. The molecule has 1 unspecified atom stereocenters. The van der Waals surface area contributed by atoms with Crippen LogP contribution in [0.4, 0.5) is 13.2 Å². The number of rotatable bonds is 3. The molecule has 1 atom stereocenters. The van der Waals surface area contributed by atoms with Gasteiger partial charge in [0.1, 0.15) is 6.04 Å². The van der Waals surface area contributed by atoms with Crippen molar-refractivity contribution in [1.82, 2.24) is 9.78 Å². The zero-order valence-corrected chi connectivity index (χ0v) is 8.75. The molecule has 0 spiro atoms. The molecule has 0 radical (unpaired) electrons. The molecule has 1 heterocycles. The summed E-state index contributed by atoms with van der Waals surface area (Å²) in [6.07, 6.45) is -4.37. The van der Waals surface area contributed by atoms with Gasteiger partial charge in [0.2, 0.25) is 0 Å². The summed E-state index contributed by atoms with van der Waals surface area (Å²) in [6, 6.07) is -0.220. The molecule has 1 N–H and O–H groups in total. The number of aliphatic carboxylic acids is 1. The summed E-state index contributed by atoms with van der Waals surface area (Å²) in [5.74, 6) is -1.19. The normalized spacial score (nSPS) is 13.8. The first-order valence-corrected chi connectivity index (χ1v) is 4.63. The Morgan fingerprint density at radius 2 is 2.19 bits per heavy atom. The third-order valence-corrected chi connectivity index (χ3v) is 2.18. The first kappa shape index (κ1) is 12.5. The lowest BCUT2D eigenvalue weighted by atomic mass is 10.2. The first-order valence-electron chi connectivity index (χ1n) is 4.63. The van der Waals surface area contributed by atoms with Crippen LogP contribution >= 0.6 is 0 Å². The molecule has 1 rings (SSSR count). The van der Waals surface area contributed by atoms with Crippen molar-refractivity contribution in [3.63, 3.8) is 0 Å². The number of hydrogen-bond donors (Lipinski definition) is 1. The Hall–Kier alpha value is -1.53. The maximum atomic E-state index is 12.3. The van der Waals surface area contributed by atoms with E-state index >= 15 is 0 Å². The van der Waals surface area contributed by atoms with Crippen molar-refractivity contribution in [2.75, 3.05) is 0 Å². The van der Waals surface area contributed by atoms with Gasteiger partial charge in [-0.15, -0.1) is 0 Å². The molecule has 1 aromatic heterocycles. The van der Waals surface area contributed by atoms with Gasteiger partial charge in [0.15, 0.2) is 5.69 Å². The Bertz CT molecular complexity index is 398. The predicted molar refractivity (Wildman–Crippen MR) is 48.9 cm³/mol. The van der Waals surface area contributed by atoms with E-state index in [-0.39, 0.29) is 12.1 Å². The van der Waals surface area contributed by atoms with Crippen LogP contribution in [0.1, 0.15) is 30.8 Å². The van der Waals surface area contributed by atoms with Crippen LogP contribution in [0.15, 0.2) is 6.07 Å². The molecule has 0 amide bonds. The average Bonchev–Trinajstić information content (AvgIpc) is 2.48. The number of aromatic nitrogens is 2. The van der Waals surface area contributed by atoms with Crippen LogP contribution in [0.25, 0.3) is 0 Å². The molecule has 7 heteroatoms. The van der Waals surface area contributed by atoms with Gasteiger partial charge in [-0.25, -0.2) is 4.79 Å². The summed E-state index contributed by atoms with van der Waals surface area (Å²) in [5.41, 5.74) is -0.883. The van der Waals surface area contributed by atoms with E-state index in [0.717, 1.165) is 10.7 Å². The highest BCUT2D eigenvalue weighted by Gasteiger charge is 2.35. The molecule has 1 aromatic rings. The lowest BCUT2D eigenvalue weighted by Gasteiger charge is -2.12. The molecule has 16 heavy (non-hydrogen) atoms. The summed E-state index contributed by atoms with van der Waals surface area (Å²) in [6.45, 7) is 2.97. The van der Waals surface area contributed by atoms with E-state index in [2.05, 4.69) is 5.10 Å². The third-order valence-electron chi connectivity index (χ3n) is 2.18. The van der Waals surface area contributed by atoms with Crippen molar-refractivity contribution in [2.24, 2.45) is 0 Å². The van der Waals surface area contributed by atoms with E-state index in [1.165, 1.54) is 6.92 Å². The number of nitrogens with zero attached hydrogens (tertiary/aromatic N) is 2. The van der Waals surface area contributed by atoms with Gasteiger partial charge in [0, 0.05) is 5.69 Å². The first-order chi connectivity index (χ1) is 7.27. The van der Waals surface area contributed by atoms with Crippen LogP contribution in [0.5, 0.6) is 0 Å². The Morgan fingerprint density at radius 1 is 1.62 bits per heavy atom. The highest BCUT2D eigenvalue weighted by molar-refractivity contribution is 5.71. The van der Waals surface area contributed by atoms with Gasteiger partial charge < -0.3 is 5.11 Å². The van der Waals surface area contributed by atoms with E-state index < -0.39 is 23.9 Å². The van der Waals surface area contributed by atoms with Gasteiger partial charge >= 0.3 is 12.1 Å². The van der Waals surface area contributed by atoms with Gasteiger partial charge in [0.25, 0.3) is 0 Å². The zero-order valence-electron chi connectivity index (χ0n) is 8.75. The second-order valence-corrected chi connectivity index (χ2v) is 3.38. The third kappa shape index (κ3) is 2.34. The molecule has 0 aromatic carbocycles. The molecule has 0 aliphatic heterocycles. The molecular formula is C9H11F3N2O2. The minimum atomic E-state index is -4.55. The van der Waals surface area contributed by atoms with Crippen LogP contribution in [-0.2, 0) is 11.0 Å². The van der Waals surface area contributed by atoms with Crippen LogP contribution in [0.2, 0.25) is 0 Å². The number of halogens is 3. The van der Waals surface area contributed by atoms with Gasteiger partial charge in [-0.2, -0.15) is 18.3 Å². The summed E-state index contributed by atoms with van der Waals surface area (Å²) >= 11 is 0. The molecular weight excluding hydrogens is 225 g/mol. The van der Waals surface area contributed by atoms with Crippen molar-refractivity contribution < 1.29 is 23.1 Å². The summed E-state index contributed by atoms with van der Waals surface area (Å²) in [4.78, 5) is 10.8. The molecule has 0 saturated carbocycles. The highest BCUT2D eigenvalue weighted by atomic mass is 19.4. The van der Waals surface area contributed by atoms with Crippen LogP contribution in [0, 0.1) is 6.92 Å². The molecule has 0 bridgehead atoms. The highest BCUT2D eigenvalue weighted by Crippen LogP contribution is 2.29. The minimum Gasteiger partial charge on any atom is -0.480 e. The number of aryl methyl sites for hydroxylation is 1. The Morgan fingerprint density at radius 3 is 2.50 bits per heavy atom. The summed E-state index contributed by atoms with van der Waals surface area (Å²) in [5, 5.41) is 12.1. The average molecular weight is 236 g/mol. The molecule has 4 nitrogen and oxygen atoms in total. The topological polar surface area (TPSA) is 55.1 Å². The quantitative estimate of drug-likeness (QED) is 0.875. The second-order valence-electron chi connectivity index (χ2n) is 3.38. The van der Waals surface area contributed by atoms with E-state index in [9.17, 15) is 18.0 Å². The number of carboxylic acids is 1. The van der Waals surface area contributed by atoms with Gasteiger partial charge in [-0.05, 0) is 19.4 Å². The van der Waals surface area contributed by atoms with Crippen molar-refractivity contribution in [3.8, 4) is 0 Å². The number of carboxylic acid groups (broad SMARTS) is 1. The van der Waals surface area contributed by atoms with Crippen molar-refractivity contribution >= 4 is 5.97 Å². The van der Waals surface area contributed by atoms with E-state index in [4.69, 9.17) is 5.11 Å². The monoisotopic (exact) mass is 236 g/mol. The fraction of sp³-hybridized carbons (Fsp3) is 0.556. The lowest BCUT2D eigenvalue weighted by molar-refractivity contribution is -0.144.